The van der Waals surface area contributed by atoms with Gasteiger partial charge in [-0.2, -0.15) is 0 Å². The van der Waals surface area contributed by atoms with Crippen LogP contribution in [0.3, 0.4) is 0 Å². The molecule has 2 aromatic carbocycles. The molecule has 0 aliphatic heterocycles. The molecule has 0 bridgehead atoms. The van der Waals surface area contributed by atoms with E-state index in [-0.39, 0.29) is 18.4 Å². The summed E-state index contributed by atoms with van der Waals surface area (Å²) in [5.74, 6) is -0.00799. The first-order chi connectivity index (χ1) is 14.7. The van der Waals surface area contributed by atoms with Gasteiger partial charge in [-0.05, 0) is 66.6 Å². The minimum atomic E-state index is -0.713. The molecule has 1 aromatic heterocycles. The molecule has 162 valence electrons. The van der Waals surface area contributed by atoms with Crippen LogP contribution in [-0.4, -0.2) is 33.1 Å². The highest BCUT2D eigenvalue weighted by molar-refractivity contribution is 5.97. The van der Waals surface area contributed by atoms with E-state index >= 15 is 0 Å². The highest BCUT2D eigenvalue weighted by Crippen LogP contribution is 2.32. The minimum absolute atomic E-state index is 0.145. The van der Waals surface area contributed by atoms with Crippen LogP contribution in [0.5, 0.6) is 0 Å². The number of carbonyl (C=O) groups is 1. The van der Waals surface area contributed by atoms with Gasteiger partial charge in [-0.3, -0.25) is 4.79 Å². The first-order valence-corrected chi connectivity index (χ1v) is 10.7. The van der Waals surface area contributed by atoms with Gasteiger partial charge in [0.2, 0.25) is 0 Å². The maximum Gasteiger partial charge on any atom is 0.251 e. The van der Waals surface area contributed by atoms with Crippen molar-refractivity contribution in [2.75, 3.05) is 6.61 Å². The van der Waals surface area contributed by atoms with Gasteiger partial charge in [0.05, 0.1) is 17.8 Å². The molecule has 5 nitrogen and oxygen atoms in total. The smallest absolute Gasteiger partial charge is 0.251 e. The Hall–Kier alpha value is -3.05. The van der Waals surface area contributed by atoms with Gasteiger partial charge in [-0.1, -0.05) is 45.0 Å². The predicted octanol–water partition coefficient (Wildman–Crippen LogP) is 5.00. The molecule has 5 heteroatoms. The largest absolute Gasteiger partial charge is 0.394 e. The standard InChI is InChI=1S/C26H31N3O2/c1-6-18-7-9-19(10-8-18)20-11-21(23-14-27-16-28-24(23)17(2)3)13-22(12-20)25(31)29-26(4,5)15-30/h7-14,16-17,30H,6,15H2,1-5H3,(H,29,31). The van der Waals surface area contributed by atoms with Gasteiger partial charge in [0, 0.05) is 17.3 Å². The molecule has 1 heterocycles. The molecule has 0 atom stereocenters. The number of rotatable bonds is 7. The Kier molecular flexibility index (Phi) is 6.86. The maximum absolute atomic E-state index is 13.1. The van der Waals surface area contributed by atoms with E-state index in [1.165, 1.54) is 5.56 Å². The zero-order valence-corrected chi connectivity index (χ0v) is 18.9. The van der Waals surface area contributed by atoms with Crippen LogP contribution in [0.1, 0.15) is 62.2 Å². The number of aryl methyl sites for hydroxylation is 1. The Bertz CT molecular complexity index is 1060. The third-order valence-electron chi connectivity index (χ3n) is 5.34. The summed E-state index contributed by atoms with van der Waals surface area (Å²) in [5, 5.41) is 12.5. The summed E-state index contributed by atoms with van der Waals surface area (Å²) in [6.07, 6.45) is 4.34. The summed E-state index contributed by atoms with van der Waals surface area (Å²) >= 11 is 0. The fourth-order valence-corrected chi connectivity index (χ4v) is 3.45. The highest BCUT2D eigenvalue weighted by Gasteiger charge is 2.21. The molecule has 0 aliphatic carbocycles. The lowest BCUT2D eigenvalue weighted by Gasteiger charge is -2.24. The van der Waals surface area contributed by atoms with Crippen LogP contribution in [0, 0.1) is 0 Å². The molecule has 0 saturated carbocycles. The summed E-state index contributed by atoms with van der Waals surface area (Å²) in [7, 11) is 0. The van der Waals surface area contributed by atoms with E-state index in [0.29, 0.717) is 5.56 Å². The molecule has 0 fully saturated rings. The number of nitrogens with one attached hydrogen (secondary N) is 1. The molecular formula is C26H31N3O2. The van der Waals surface area contributed by atoms with Gasteiger partial charge in [-0.25, -0.2) is 9.97 Å². The lowest BCUT2D eigenvalue weighted by atomic mass is 9.93. The van der Waals surface area contributed by atoms with Gasteiger partial charge in [0.25, 0.3) is 5.91 Å². The van der Waals surface area contributed by atoms with E-state index in [9.17, 15) is 9.90 Å². The maximum atomic E-state index is 13.1. The topological polar surface area (TPSA) is 75.1 Å². The SMILES string of the molecule is CCc1ccc(-c2cc(C(=O)NC(C)(C)CO)cc(-c3cncnc3C(C)C)c2)cc1. The fraction of sp³-hybridized carbons (Fsp3) is 0.346. The molecule has 2 N–H and O–H groups in total. The van der Waals surface area contributed by atoms with Gasteiger partial charge < -0.3 is 10.4 Å². The molecular weight excluding hydrogens is 386 g/mol. The van der Waals surface area contributed by atoms with Crippen molar-refractivity contribution in [3.05, 3.63) is 71.8 Å². The number of benzene rings is 2. The van der Waals surface area contributed by atoms with E-state index in [1.807, 2.05) is 12.1 Å². The lowest BCUT2D eigenvalue weighted by molar-refractivity contribution is 0.0869. The Balaban J connectivity index is 2.15. The number of carbonyl (C=O) groups excluding carboxylic acids is 1. The number of aliphatic hydroxyl groups excluding tert-OH is 1. The van der Waals surface area contributed by atoms with Crippen LogP contribution in [-0.2, 0) is 6.42 Å². The van der Waals surface area contributed by atoms with E-state index in [1.54, 1.807) is 26.4 Å². The van der Waals surface area contributed by atoms with Crippen LogP contribution in [0.4, 0.5) is 0 Å². The summed E-state index contributed by atoms with van der Waals surface area (Å²) in [4.78, 5) is 21.8. The average molecular weight is 418 g/mol. The van der Waals surface area contributed by atoms with E-state index in [0.717, 1.165) is 34.4 Å². The fourth-order valence-electron chi connectivity index (χ4n) is 3.45. The second-order valence-corrected chi connectivity index (χ2v) is 8.82. The van der Waals surface area contributed by atoms with Crippen LogP contribution in [0.15, 0.2) is 55.0 Å². The van der Waals surface area contributed by atoms with Gasteiger partial charge >= 0.3 is 0 Å². The Labute approximate surface area is 184 Å². The van der Waals surface area contributed by atoms with Crippen molar-refractivity contribution in [3.8, 4) is 22.3 Å². The van der Waals surface area contributed by atoms with Gasteiger partial charge in [0.15, 0.2) is 0 Å². The lowest BCUT2D eigenvalue weighted by Crippen LogP contribution is -2.46. The van der Waals surface area contributed by atoms with Crippen LogP contribution >= 0.6 is 0 Å². The number of aromatic nitrogens is 2. The van der Waals surface area contributed by atoms with Crippen molar-refractivity contribution in [1.29, 1.82) is 0 Å². The van der Waals surface area contributed by atoms with Crippen LogP contribution in [0.25, 0.3) is 22.3 Å². The summed E-state index contributed by atoms with van der Waals surface area (Å²) in [6.45, 7) is 9.76. The molecule has 0 radical (unpaired) electrons. The van der Waals surface area contributed by atoms with E-state index in [4.69, 9.17) is 0 Å². The Morgan fingerprint density at radius 3 is 2.35 bits per heavy atom. The molecule has 0 aliphatic rings. The van der Waals surface area contributed by atoms with Crippen molar-refractivity contribution in [3.63, 3.8) is 0 Å². The van der Waals surface area contributed by atoms with Crippen LogP contribution < -0.4 is 5.32 Å². The molecule has 3 rings (SSSR count). The van der Waals surface area contributed by atoms with Crippen molar-refractivity contribution in [1.82, 2.24) is 15.3 Å². The molecule has 0 unspecified atom stereocenters. The van der Waals surface area contributed by atoms with Crippen LogP contribution in [0.2, 0.25) is 0 Å². The highest BCUT2D eigenvalue weighted by atomic mass is 16.3. The summed E-state index contributed by atoms with van der Waals surface area (Å²) in [5.41, 5.74) is 5.83. The predicted molar refractivity (Wildman–Crippen MR) is 125 cm³/mol. The molecule has 3 aromatic rings. The minimum Gasteiger partial charge on any atom is -0.394 e. The Morgan fingerprint density at radius 1 is 1.06 bits per heavy atom. The van der Waals surface area contributed by atoms with E-state index in [2.05, 4.69) is 66.4 Å². The number of aliphatic hydroxyl groups is 1. The zero-order valence-electron chi connectivity index (χ0n) is 18.9. The number of hydrogen-bond acceptors (Lipinski definition) is 4. The van der Waals surface area contributed by atoms with Crippen molar-refractivity contribution < 1.29 is 9.90 Å². The first kappa shape index (κ1) is 22.6. The average Bonchev–Trinajstić information content (AvgIpc) is 2.78. The summed E-state index contributed by atoms with van der Waals surface area (Å²) in [6, 6.07) is 14.2. The molecule has 31 heavy (non-hydrogen) atoms. The summed E-state index contributed by atoms with van der Waals surface area (Å²) < 4.78 is 0. The number of nitrogens with zero attached hydrogens (tertiary/aromatic N) is 2. The van der Waals surface area contributed by atoms with Crippen molar-refractivity contribution in [2.24, 2.45) is 0 Å². The normalized spacial score (nSPS) is 11.6. The number of hydrogen-bond donors (Lipinski definition) is 2. The number of amides is 1. The Morgan fingerprint density at radius 2 is 1.74 bits per heavy atom. The van der Waals surface area contributed by atoms with Crippen molar-refractivity contribution in [2.45, 2.75) is 52.5 Å². The zero-order chi connectivity index (χ0) is 22.6. The van der Waals surface area contributed by atoms with Gasteiger partial charge in [0.1, 0.15) is 6.33 Å². The molecule has 0 spiro atoms. The quantitative estimate of drug-likeness (QED) is 0.567. The monoisotopic (exact) mass is 417 g/mol. The molecule has 1 amide bonds. The third kappa shape index (κ3) is 5.36. The van der Waals surface area contributed by atoms with Crippen molar-refractivity contribution >= 4 is 5.91 Å². The third-order valence-corrected chi connectivity index (χ3v) is 5.34. The van der Waals surface area contributed by atoms with Gasteiger partial charge in [-0.15, -0.1) is 0 Å². The first-order valence-electron chi connectivity index (χ1n) is 10.7. The second kappa shape index (κ2) is 9.40. The second-order valence-electron chi connectivity index (χ2n) is 8.82. The van der Waals surface area contributed by atoms with E-state index < -0.39 is 5.54 Å². The molecule has 0 saturated heterocycles.